The molecule has 0 radical (unpaired) electrons. The van der Waals surface area contributed by atoms with E-state index in [0.717, 1.165) is 26.1 Å². The van der Waals surface area contributed by atoms with Gasteiger partial charge in [-0.3, -0.25) is 0 Å². The van der Waals surface area contributed by atoms with Gasteiger partial charge in [-0.25, -0.2) is 0 Å². The fourth-order valence-electron chi connectivity index (χ4n) is 1.26. The molecule has 1 rings (SSSR count). The van der Waals surface area contributed by atoms with Crippen LogP contribution in [0.4, 0.5) is 0 Å². The lowest BCUT2D eigenvalue weighted by Gasteiger charge is -2.24. The first-order valence-electron chi connectivity index (χ1n) is 4.35. The van der Waals surface area contributed by atoms with Gasteiger partial charge in [0.2, 0.25) is 0 Å². The first-order valence-corrected chi connectivity index (χ1v) is 4.35. The summed E-state index contributed by atoms with van der Waals surface area (Å²) in [5, 5.41) is 0. The van der Waals surface area contributed by atoms with E-state index in [9.17, 15) is 0 Å². The lowest BCUT2D eigenvalue weighted by molar-refractivity contribution is 0.130. The van der Waals surface area contributed by atoms with Gasteiger partial charge in [-0.05, 0) is 12.8 Å². The Hall–Kier alpha value is -0.535. The van der Waals surface area contributed by atoms with Gasteiger partial charge in [-0.15, -0.1) is 13.2 Å². The van der Waals surface area contributed by atoms with Crippen LogP contribution in [0.25, 0.3) is 0 Å². The summed E-state index contributed by atoms with van der Waals surface area (Å²) in [4.78, 5) is 0. The van der Waals surface area contributed by atoms with Crippen LogP contribution in [0.2, 0.25) is 5.82 Å². The van der Waals surface area contributed by atoms with Gasteiger partial charge in [0.1, 0.15) is 0 Å². The van der Waals surface area contributed by atoms with Crippen LogP contribution in [-0.4, -0.2) is 20.3 Å². The summed E-state index contributed by atoms with van der Waals surface area (Å²) < 4.78 is 10.9. The molecule has 0 amide bonds. The Morgan fingerprint density at radius 2 is 2.00 bits per heavy atom. The van der Waals surface area contributed by atoms with Crippen molar-refractivity contribution >= 4 is 7.12 Å². The zero-order chi connectivity index (χ0) is 8.81. The largest absolute Gasteiger partial charge is 0.464 e. The molecule has 0 N–H and O–H groups in total. The van der Waals surface area contributed by atoms with Gasteiger partial charge in [-0.1, -0.05) is 12.2 Å². The van der Waals surface area contributed by atoms with E-state index in [2.05, 4.69) is 13.2 Å². The van der Waals surface area contributed by atoms with Crippen molar-refractivity contribution in [1.82, 2.24) is 0 Å². The summed E-state index contributed by atoms with van der Waals surface area (Å²) in [5.74, 6) is 0.253. The van der Waals surface area contributed by atoms with Crippen molar-refractivity contribution in [1.29, 1.82) is 0 Å². The van der Waals surface area contributed by atoms with E-state index in [1.54, 1.807) is 0 Å². The molecule has 0 aromatic rings. The van der Waals surface area contributed by atoms with Crippen LogP contribution in [0, 0.1) is 0 Å². The molecular weight excluding hydrogens is 151 g/mol. The van der Waals surface area contributed by atoms with Crippen molar-refractivity contribution in [2.45, 2.75) is 18.7 Å². The minimum absolute atomic E-state index is 0.103. The Balaban J connectivity index is 2.39. The molecule has 0 saturated carbocycles. The first-order chi connectivity index (χ1) is 5.88. The zero-order valence-corrected chi connectivity index (χ0v) is 7.37. The van der Waals surface area contributed by atoms with E-state index in [-0.39, 0.29) is 12.9 Å². The van der Waals surface area contributed by atoms with Crippen LogP contribution in [-0.2, 0) is 9.31 Å². The lowest BCUT2D eigenvalue weighted by atomic mass is 9.69. The maximum atomic E-state index is 5.44. The van der Waals surface area contributed by atoms with E-state index in [1.165, 1.54) is 0 Å². The van der Waals surface area contributed by atoms with Crippen molar-refractivity contribution in [3.63, 3.8) is 0 Å². The average molecular weight is 166 g/mol. The van der Waals surface area contributed by atoms with E-state index >= 15 is 0 Å². The second-order valence-electron chi connectivity index (χ2n) is 2.89. The van der Waals surface area contributed by atoms with Gasteiger partial charge in [-0.2, -0.15) is 0 Å². The molecule has 12 heavy (non-hydrogen) atoms. The highest BCUT2D eigenvalue weighted by Gasteiger charge is 2.28. The molecule has 1 unspecified atom stereocenters. The Labute approximate surface area is 74.4 Å². The summed E-state index contributed by atoms with van der Waals surface area (Å²) >= 11 is 0. The Morgan fingerprint density at radius 3 is 2.50 bits per heavy atom. The third-order valence-corrected chi connectivity index (χ3v) is 1.94. The molecule has 0 bridgehead atoms. The molecule has 66 valence electrons. The van der Waals surface area contributed by atoms with Crippen LogP contribution < -0.4 is 0 Å². The molecule has 1 heterocycles. The standard InChI is InChI=1S/C9H15BO2/c1-3-6-9(4-2)10-11-7-5-8-12-10/h3-4,9H,1-2,5-8H2. The smallest absolute Gasteiger partial charge is 0.411 e. The molecule has 0 aromatic heterocycles. The van der Waals surface area contributed by atoms with Crippen LogP contribution in [0.3, 0.4) is 0 Å². The van der Waals surface area contributed by atoms with Gasteiger partial charge in [0.25, 0.3) is 0 Å². The Kier molecular flexibility index (Phi) is 4.12. The minimum atomic E-state index is -0.103. The van der Waals surface area contributed by atoms with Crippen LogP contribution in [0.5, 0.6) is 0 Å². The molecule has 1 atom stereocenters. The van der Waals surface area contributed by atoms with Gasteiger partial charge in [0.15, 0.2) is 0 Å². The van der Waals surface area contributed by atoms with Crippen LogP contribution >= 0.6 is 0 Å². The summed E-state index contributed by atoms with van der Waals surface area (Å²) in [6.45, 7) is 9.03. The maximum absolute atomic E-state index is 5.44. The number of rotatable bonds is 4. The van der Waals surface area contributed by atoms with Crippen molar-refractivity contribution < 1.29 is 9.31 Å². The normalized spacial score (nSPS) is 20.2. The van der Waals surface area contributed by atoms with E-state index in [1.807, 2.05) is 12.2 Å². The molecule has 3 heteroatoms. The molecule has 1 saturated heterocycles. The highest BCUT2D eigenvalue weighted by atomic mass is 16.6. The van der Waals surface area contributed by atoms with Crippen molar-refractivity contribution in [3.05, 3.63) is 25.3 Å². The fourth-order valence-corrected chi connectivity index (χ4v) is 1.26. The summed E-state index contributed by atoms with van der Waals surface area (Å²) in [6, 6.07) is 0. The van der Waals surface area contributed by atoms with Crippen molar-refractivity contribution in [3.8, 4) is 0 Å². The maximum Gasteiger partial charge on any atom is 0.464 e. The van der Waals surface area contributed by atoms with Gasteiger partial charge in [0.05, 0.1) is 0 Å². The summed E-state index contributed by atoms with van der Waals surface area (Å²) in [5.41, 5.74) is 0. The monoisotopic (exact) mass is 166 g/mol. The molecular formula is C9H15BO2. The number of hydrogen-bond acceptors (Lipinski definition) is 2. The van der Waals surface area contributed by atoms with E-state index in [4.69, 9.17) is 9.31 Å². The molecule has 0 aromatic carbocycles. The van der Waals surface area contributed by atoms with Crippen LogP contribution in [0.1, 0.15) is 12.8 Å². The second kappa shape index (κ2) is 5.17. The molecule has 1 aliphatic heterocycles. The Bertz CT molecular complexity index is 153. The predicted octanol–water partition coefficient (Wildman–Crippen LogP) is 2.04. The quantitative estimate of drug-likeness (QED) is 0.470. The summed E-state index contributed by atoms with van der Waals surface area (Å²) in [6.07, 6.45) is 5.61. The lowest BCUT2D eigenvalue weighted by Crippen LogP contribution is -2.33. The van der Waals surface area contributed by atoms with Crippen LogP contribution in [0.15, 0.2) is 25.3 Å². The SMILES string of the molecule is C=CCC(C=C)B1OCCCO1. The summed E-state index contributed by atoms with van der Waals surface area (Å²) in [7, 11) is -0.103. The first kappa shape index (κ1) is 9.55. The molecule has 0 aliphatic carbocycles. The van der Waals surface area contributed by atoms with Crippen molar-refractivity contribution in [2.75, 3.05) is 13.2 Å². The highest BCUT2D eigenvalue weighted by molar-refractivity contribution is 6.47. The predicted molar refractivity (Wildman–Crippen MR) is 51.0 cm³/mol. The molecule has 2 nitrogen and oxygen atoms in total. The average Bonchev–Trinajstić information content (AvgIpc) is 2.15. The number of hydrogen-bond donors (Lipinski definition) is 0. The molecule has 1 aliphatic rings. The Morgan fingerprint density at radius 1 is 1.33 bits per heavy atom. The van der Waals surface area contributed by atoms with E-state index in [0.29, 0.717) is 0 Å². The fraction of sp³-hybridized carbons (Fsp3) is 0.556. The topological polar surface area (TPSA) is 18.5 Å². The van der Waals surface area contributed by atoms with E-state index < -0.39 is 0 Å². The van der Waals surface area contributed by atoms with Crippen molar-refractivity contribution in [2.24, 2.45) is 0 Å². The number of allylic oxidation sites excluding steroid dienone is 2. The van der Waals surface area contributed by atoms with Gasteiger partial charge < -0.3 is 9.31 Å². The molecule has 0 spiro atoms. The third kappa shape index (κ3) is 2.50. The third-order valence-electron chi connectivity index (χ3n) is 1.94. The minimum Gasteiger partial charge on any atom is -0.411 e. The highest BCUT2D eigenvalue weighted by Crippen LogP contribution is 2.21. The molecule has 1 fully saturated rings. The second-order valence-corrected chi connectivity index (χ2v) is 2.89. The van der Waals surface area contributed by atoms with Gasteiger partial charge >= 0.3 is 7.12 Å². The van der Waals surface area contributed by atoms with Gasteiger partial charge in [0, 0.05) is 19.0 Å². The zero-order valence-electron chi connectivity index (χ0n) is 7.37.